The summed E-state index contributed by atoms with van der Waals surface area (Å²) in [6.45, 7) is 1.65. The van der Waals surface area contributed by atoms with Gasteiger partial charge in [-0.3, -0.25) is 0 Å². The van der Waals surface area contributed by atoms with Gasteiger partial charge in [-0.15, -0.1) is 0 Å². The van der Waals surface area contributed by atoms with Crippen molar-refractivity contribution < 1.29 is 20.1 Å². The quantitative estimate of drug-likeness (QED) is 0.645. The fourth-order valence-corrected chi connectivity index (χ4v) is 2.15. The summed E-state index contributed by atoms with van der Waals surface area (Å²) in [5.41, 5.74) is 0.762. The zero-order valence-corrected chi connectivity index (χ0v) is 11.4. The Labute approximate surface area is 114 Å². The average molecular weight is 318 g/mol. The third kappa shape index (κ3) is 2.84. The highest BCUT2D eigenvalue weighted by atomic mass is 79.9. The van der Waals surface area contributed by atoms with Crippen LogP contribution in [-0.4, -0.2) is 46.0 Å². The highest BCUT2D eigenvalue weighted by Gasteiger charge is 2.41. The lowest BCUT2D eigenvalue weighted by molar-refractivity contribution is -0.209. The monoisotopic (exact) mass is 317 g/mol. The first-order valence-corrected chi connectivity index (χ1v) is 6.50. The maximum Gasteiger partial charge on any atom is 0.157 e. The molecule has 0 aromatic heterocycles. The highest BCUT2D eigenvalue weighted by molar-refractivity contribution is 9.10. The van der Waals surface area contributed by atoms with Crippen molar-refractivity contribution >= 4 is 21.6 Å². The summed E-state index contributed by atoms with van der Waals surface area (Å²) in [7, 11) is 0. The van der Waals surface area contributed by atoms with Gasteiger partial charge in [0, 0.05) is 10.2 Å². The molecule has 4 N–H and O–H groups in total. The molecule has 1 aromatic rings. The number of anilines is 1. The summed E-state index contributed by atoms with van der Waals surface area (Å²) in [5.74, 6) is 0. The van der Waals surface area contributed by atoms with Gasteiger partial charge in [-0.2, -0.15) is 0 Å². The molecule has 5 nitrogen and oxygen atoms in total. The SMILES string of the molecule is C[C@@H]1O[C@H](Nc2ccc(Br)cc2)[C@H](O)[C@@H](O)[C@@H]1O. The summed E-state index contributed by atoms with van der Waals surface area (Å²) in [6, 6.07) is 7.35. The van der Waals surface area contributed by atoms with E-state index in [9.17, 15) is 15.3 Å². The zero-order valence-electron chi connectivity index (χ0n) is 9.82. The first-order valence-electron chi connectivity index (χ1n) is 5.71. The lowest BCUT2D eigenvalue weighted by atomic mass is 9.99. The van der Waals surface area contributed by atoms with Crippen LogP contribution in [0.3, 0.4) is 0 Å². The van der Waals surface area contributed by atoms with E-state index in [0.717, 1.165) is 10.2 Å². The van der Waals surface area contributed by atoms with Gasteiger partial charge in [0.25, 0.3) is 0 Å². The van der Waals surface area contributed by atoms with Gasteiger partial charge in [-0.05, 0) is 31.2 Å². The Morgan fingerprint density at radius 2 is 1.67 bits per heavy atom. The van der Waals surface area contributed by atoms with Crippen LogP contribution in [0, 0.1) is 0 Å². The largest absolute Gasteiger partial charge is 0.388 e. The molecule has 1 aliphatic heterocycles. The van der Waals surface area contributed by atoms with Gasteiger partial charge in [0.15, 0.2) is 6.23 Å². The molecule has 0 saturated carbocycles. The van der Waals surface area contributed by atoms with Crippen molar-refractivity contribution in [2.45, 2.75) is 37.6 Å². The van der Waals surface area contributed by atoms with Gasteiger partial charge in [0.2, 0.25) is 0 Å². The molecule has 1 saturated heterocycles. The topological polar surface area (TPSA) is 82.0 Å². The molecule has 0 unspecified atom stereocenters. The van der Waals surface area contributed by atoms with Crippen molar-refractivity contribution in [2.24, 2.45) is 0 Å². The third-order valence-electron chi connectivity index (χ3n) is 3.01. The number of nitrogens with one attached hydrogen (secondary N) is 1. The molecule has 100 valence electrons. The van der Waals surface area contributed by atoms with Gasteiger partial charge in [0.05, 0.1) is 6.10 Å². The molecule has 0 amide bonds. The lowest BCUT2D eigenvalue weighted by Crippen LogP contribution is -2.58. The fourth-order valence-electron chi connectivity index (χ4n) is 1.88. The number of rotatable bonds is 2. The molecule has 0 spiro atoms. The summed E-state index contributed by atoms with van der Waals surface area (Å²) in [5, 5.41) is 32.1. The second kappa shape index (κ2) is 5.54. The van der Waals surface area contributed by atoms with E-state index >= 15 is 0 Å². The van der Waals surface area contributed by atoms with Crippen LogP contribution >= 0.6 is 15.9 Å². The van der Waals surface area contributed by atoms with E-state index in [1.165, 1.54) is 0 Å². The van der Waals surface area contributed by atoms with Gasteiger partial charge in [-0.25, -0.2) is 0 Å². The number of halogens is 1. The Morgan fingerprint density at radius 3 is 2.28 bits per heavy atom. The fraction of sp³-hybridized carbons (Fsp3) is 0.500. The Morgan fingerprint density at radius 1 is 1.06 bits per heavy atom. The average Bonchev–Trinajstić information content (AvgIpc) is 2.36. The maximum atomic E-state index is 9.83. The molecule has 18 heavy (non-hydrogen) atoms. The third-order valence-corrected chi connectivity index (χ3v) is 3.53. The van der Waals surface area contributed by atoms with E-state index in [4.69, 9.17) is 4.74 Å². The minimum atomic E-state index is -1.22. The van der Waals surface area contributed by atoms with Crippen LogP contribution in [-0.2, 0) is 4.74 Å². The molecule has 2 rings (SSSR count). The number of hydrogen-bond donors (Lipinski definition) is 4. The molecular formula is C12H16BrNO4. The molecule has 1 heterocycles. The molecule has 6 heteroatoms. The van der Waals surface area contributed by atoms with E-state index in [2.05, 4.69) is 21.2 Å². The number of aliphatic hydroxyl groups is 3. The van der Waals surface area contributed by atoms with Gasteiger partial charge >= 0.3 is 0 Å². The van der Waals surface area contributed by atoms with Crippen molar-refractivity contribution in [1.82, 2.24) is 0 Å². The van der Waals surface area contributed by atoms with Crippen LogP contribution < -0.4 is 5.32 Å². The van der Waals surface area contributed by atoms with Gasteiger partial charge in [-0.1, -0.05) is 15.9 Å². The molecule has 1 fully saturated rings. The molecule has 5 atom stereocenters. The van der Waals surface area contributed by atoms with Gasteiger partial charge < -0.3 is 25.4 Å². The Kier molecular flexibility index (Phi) is 4.24. The van der Waals surface area contributed by atoms with E-state index in [-0.39, 0.29) is 0 Å². The van der Waals surface area contributed by atoms with Crippen molar-refractivity contribution in [3.8, 4) is 0 Å². The summed E-state index contributed by atoms with van der Waals surface area (Å²) in [6.07, 6.45) is -4.78. The Balaban J connectivity index is 2.06. The molecular weight excluding hydrogens is 302 g/mol. The second-order valence-electron chi connectivity index (χ2n) is 4.38. The maximum absolute atomic E-state index is 9.83. The predicted octanol–water partition coefficient (Wildman–Crippen LogP) is 0.688. The molecule has 0 aliphatic carbocycles. The van der Waals surface area contributed by atoms with Crippen LogP contribution in [0.1, 0.15) is 6.92 Å². The summed E-state index contributed by atoms with van der Waals surface area (Å²) >= 11 is 3.33. The predicted molar refractivity (Wildman–Crippen MR) is 70.1 cm³/mol. The van der Waals surface area contributed by atoms with Crippen LogP contribution in [0.15, 0.2) is 28.7 Å². The van der Waals surface area contributed by atoms with Crippen molar-refractivity contribution in [3.05, 3.63) is 28.7 Å². The van der Waals surface area contributed by atoms with Gasteiger partial charge in [0.1, 0.15) is 18.3 Å². The molecule has 1 aromatic carbocycles. The number of aliphatic hydroxyl groups excluding tert-OH is 3. The van der Waals surface area contributed by atoms with Crippen LogP contribution in [0.25, 0.3) is 0 Å². The van der Waals surface area contributed by atoms with Crippen molar-refractivity contribution in [2.75, 3.05) is 5.32 Å². The minimum absolute atomic E-state index is 0.545. The first-order chi connectivity index (χ1) is 8.49. The highest BCUT2D eigenvalue weighted by Crippen LogP contribution is 2.23. The first kappa shape index (κ1) is 13.8. The normalized spacial score (nSPS) is 36.4. The molecule has 0 bridgehead atoms. The minimum Gasteiger partial charge on any atom is -0.388 e. The number of hydrogen-bond acceptors (Lipinski definition) is 5. The molecule has 1 aliphatic rings. The smallest absolute Gasteiger partial charge is 0.157 e. The second-order valence-corrected chi connectivity index (χ2v) is 5.30. The van der Waals surface area contributed by atoms with E-state index in [1.54, 1.807) is 6.92 Å². The number of ether oxygens (including phenoxy) is 1. The van der Waals surface area contributed by atoms with Crippen LogP contribution in [0.4, 0.5) is 5.69 Å². The van der Waals surface area contributed by atoms with Crippen LogP contribution in [0.5, 0.6) is 0 Å². The van der Waals surface area contributed by atoms with E-state index in [0.29, 0.717) is 0 Å². The van der Waals surface area contributed by atoms with Crippen LogP contribution in [0.2, 0.25) is 0 Å². The van der Waals surface area contributed by atoms with E-state index in [1.807, 2.05) is 24.3 Å². The molecule has 0 radical (unpaired) electrons. The standard InChI is InChI=1S/C12H16BrNO4/c1-6-9(15)10(16)11(17)12(18-6)14-8-4-2-7(13)3-5-8/h2-6,9-12,14-17H,1H3/t6-,9+,10-,11+,12-/m0/s1. The zero-order chi connectivity index (χ0) is 13.3. The van der Waals surface area contributed by atoms with Crippen molar-refractivity contribution in [3.63, 3.8) is 0 Å². The lowest BCUT2D eigenvalue weighted by Gasteiger charge is -2.39. The summed E-state index contributed by atoms with van der Waals surface area (Å²) in [4.78, 5) is 0. The summed E-state index contributed by atoms with van der Waals surface area (Å²) < 4.78 is 6.38. The Bertz CT molecular complexity index is 400. The van der Waals surface area contributed by atoms with E-state index < -0.39 is 30.6 Å². The van der Waals surface area contributed by atoms with Crippen molar-refractivity contribution in [1.29, 1.82) is 0 Å². The number of benzene rings is 1. The Hall–Kier alpha value is -0.660.